The van der Waals surface area contributed by atoms with Gasteiger partial charge in [-0.05, 0) is 55.2 Å². The Morgan fingerprint density at radius 2 is 2.13 bits per heavy atom. The lowest BCUT2D eigenvalue weighted by atomic mass is 9.96. The number of amides is 1. The van der Waals surface area contributed by atoms with Crippen molar-refractivity contribution in [2.75, 3.05) is 13.7 Å². The van der Waals surface area contributed by atoms with Crippen LogP contribution in [0.5, 0.6) is 5.75 Å². The zero-order chi connectivity index (χ0) is 20.7. The number of thiophene rings is 1. The number of nitrogens with zero attached hydrogens (tertiary/aromatic N) is 3. The van der Waals surface area contributed by atoms with Crippen molar-refractivity contribution in [3.05, 3.63) is 64.3 Å². The van der Waals surface area contributed by atoms with Crippen LogP contribution in [0.1, 0.15) is 40.5 Å². The number of pyridine rings is 2. The minimum atomic E-state index is 0.0549. The van der Waals surface area contributed by atoms with Crippen molar-refractivity contribution in [1.82, 2.24) is 14.9 Å². The number of piperidine rings is 1. The highest BCUT2D eigenvalue weighted by atomic mass is 35.5. The number of halogens is 1. The predicted octanol–water partition coefficient (Wildman–Crippen LogP) is 5.87. The molecule has 1 aromatic carbocycles. The van der Waals surface area contributed by atoms with E-state index < -0.39 is 0 Å². The van der Waals surface area contributed by atoms with Gasteiger partial charge in [0.25, 0.3) is 5.91 Å². The Balaban J connectivity index is 1.54. The van der Waals surface area contributed by atoms with Gasteiger partial charge in [0.05, 0.1) is 23.5 Å². The number of ether oxygens (including phenoxy) is 1. The second-order valence-electron chi connectivity index (χ2n) is 7.44. The molecule has 4 heterocycles. The van der Waals surface area contributed by atoms with Crippen LogP contribution in [0.2, 0.25) is 5.02 Å². The average molecular weight is 438 g/mol. The summed E-state index contributed by atoms with van der Waals surface area (Å²) in [7, 11) is 1.59. The van der Waals surface area contributed by atoms with Crippen LogP contribution in [0.3, 0.4) is 0 Å². The summed E-state index contributed by atoms with van der Waals surface area (Å²) in [4.78, 5) is 25.9. The summed E-state index contributed by atoms with van der Waals surface area (Å²) in [6, 6.07) is 11.8. The van der Waals surface area contributed by atoms with Gasteiger partial charge in [0, 0.05) is 29.7 Å². The number of fused-ring (bicyclic) bond motifs is 2. The maximum absolute atomic E-state index is 13.5. The first kappa shape index (κ1) is 19.3. The molecule has 4 aromatic rings. The van der Waals surface area contributed by atoms with Crippen LogP contribution in [0, 0.1) is 0 Å². The van der Waals surface area contributed by atoms with Crippen molar-refractivity contribution in [1.29, 1.82) is 0 Å². The van der Waals surface area contributed by atoms with Gasteiger partial charge in [-0.25, -0.2) is 4.98 Å². The highest BCUT2D eigenvalue weighted by Crippen LogP contribution is 2.37. The molecular formula is C23H20ClN3O2S. The number of hydrogen-bond donors (Lipinski definition) is 0. The van der Waals surface area contributed by atoms with E-state index in [-0.39, 0.29) is 11.9 Å². The van der Waals surface area contributed by atoms with Crippen LogP contribution >= 0.6 is 22.9 Å². The third kappa shape index (κ3) is 3.30. The van der Waals surface area contributed by atoms with E-state index in [0.29, 0.717) is 21.2 Å². The van der Waals surface area contributed by atoms with Crippen LogP contribution in [0.25, 0.3) is 21.1 Å². The van der Waals surface area contributed by atoms with E-state index in [1.165, 1.54) is 11.3 Å². The van der Waals surface area contributed by atoms with E-state index in [9.17, 15) is 4.79 Å². The molecular weight excluding hydrogens is 418 g/mol. The third-order valence-corrected chi connectivity index (χ3v) is 7.04. The number of aromatic nitrogens is 2. The molecule has 5 rings (SSSR count). The fraction of sp³-hybridized carbons (Fsp3) is 0.261. The molecule has 0 bridgehead atoms. The number of benzene rings is 1. The fourth-order valence-corrected chi connectivity index (χ4v) is 5.41. The minimum Gasteiger partial charge on any atom is -0.495 e. The number of hydrogen-bond acceptors (Lipinski definition) is 5. The van der Waals surface area contributed by atoms with Crippen molar-refractivity contribution in [3.8, 4) is 5.75 Å². The Morgan fingerprint density at radius 1 is 1.23 bits per heavy atom. The molecule has 1 aliphatic rings. The van der Waals surface area contributed by atoms with E-state index in [2.05, 4.69) is 11.1 Å². The molecule has 0 aliphatic carbocycles. The predicted molar refractivity (Wildman–Crippen MR) is 121 cm³/mol. The van der Waals surface area contributed by atoms with Crippen molar-refractivity contribution < 1.29 is 9.53 Å². The smallest absolute Gasteiger partial charge is 0.264 e. The van der Waals surface area contributed by atoms with E-state index in [4.69, 9.17) is 21.3 Å². The van der Waals surface area contributed by atoms with Crippen LogP contribution < -0.4 is 4.74 Å². The summed E-state index contributed by atoms with van der Waals surface area (Å²) in [6.07, 6.45) is 6.72. The van der Waals surface area contributed by atoms with Gasteiger partial charge in [0.2, 0.25) is 0 Å². The summed E-state index contributed by atoms with van der Waals surface area (Å²) in [6.45, 7) is 0.755. The van der Waals surface area contributed by atoms with Gasteiger partial charge >= 0.3 is 0 Å². The first-order chi connectivity index (χ1) is 14.7. The molecule has 7 heteroatoms. The number of methoxy groups -OCH3 is 1. The fourth-order valence-electron chi connectivity index (χ4n) is 4.15. The Labute approximate surface area is 183 Å². The Morgan fingerprint density at radius 3 is 2.93 bits per heavy atom. The Kier molecular flexibility index (Phi) is 5.05. The summed E-state index contributed by atoms with van der Waals surface area (Å²) >= 11 is 7.87. The monoisotopic (exact) mass is 437 g/mol. The number of likely N-dealkylation sites (tertiary alicyclic amines) is 1. The van der Waals surface area contributed by atoms with Crippen LogP contribution in [0.15, 0.2) is 48.8 Å². The van der Waals surface area contributed by atoms with Crippen molar-refractivity contribution in [2.24, 2.45) is 0 Å². The Hall–Kier alpha value is -2.70. The number of rotatable bonds is 3. The molecule has 30 heavy (non-hydrogen) atoms. The van der Waals surface area contributed by atoms with E-state index in [1.807, 2.05) is 41.4 Å². The van der Waals surface area contributed by atoms with Crippen LogP contribution in [0.4, 0.5) is 0 Å². The molecule has 0 N–H and O–H groups in total. The van der Waals surface area contributed by atoms with Crippen molar-refractivity contribution >= 4 is 50.0 Å². The molecule has 0 spiro atoms. The third-order valence-electron chi connectivity index (χ3n) is 5.64. The van der Waals surface area contributed by atoms with Gasteiger partial charge in [-0.3, -0.25) is 9.78 Å². The van der Waals surface area contributed by atoms with Crippen molar-refractivity contribution in [3.63, 3.8) is 0 Å². The van der Waals surface area contributed by atoms with Crippen molar-refractivity contribution in [2.45, 2.75) is 25.3 Å². The van der Waals surface area contributed by atoms with Gasteiger partial charge < -0.3 is 9.64 Å². The minimum absolute atomic E-state index is 0.0549. The SMILES string of the molecule is COc1ccc2cc3cc(C(=O)N4CCCC[C@H]4c4cccnc4)sc3nc2c1Cl. The second-order valence-corrected chi connectivity index (χ2v) is 8.85. The molecule has 1 amide bonds. The lowest BCUT2D eigenvalue weighted by Gasteiger charge is -2.35. The number of carbonyl (C=O) groups excluding carboxylic acids is 1. The maximum Gasteiger partial charge on any atom is 0.264 e. The molecule has 0 unspecified atom stereocenters. The molecule has 152 valence electrons. The van der Waals surface area contributed by atoms with Gasteiger partial charge in [-0.2, -0.15) is 0 Å². The summed E-state index contributed by atoms with van der Waals surface area (Å²) in [5, 5.41) is 2.37. The van der Waals surface area contributed by atoms with E-state index >= 15 is 0 Å². The molecule has 5 nitrogen and oxygen atoms in total. The molecule has 1 aliphatic heterocycles. The molecule has 0 radical (unpaired) electrons. The highest BCUT2D eigenvalue weighted by Gasteiger charge is 2.30. The summed E-state index contributed by atoms with van der Waals surface area (Å²) in [5.74, 6) is 0.649. The van der Waals surface area contributed by atoms with Gasteiger partial charge in [-0.1, -0.05) is 17.7 Å². The first-order valence-corrected chi connectivity index (χ1v) is 11.1. The summed E-state index contributed by atoms with van der Waals surface area (Å²) < 4.78 is 5.31. The van der Waals surface area contributed by atoms with Crippen LogP contribution in [-0.4, -0.2) is 34.4 Å². The van der Waals surface area contributed by atoms with E-state index in [1.54, 1.807) is 13.3 Å². The number of carbonyl (C=O) groups is 1. The normalized spacial score (nSPS) is 16.9. The lowest BCUT2D eigenvalue weighted by molar-refractivity contribution is 0.0616. The highest BCUT2D eigenvalue weighted by molar-refractivity contribution is 7.20. The maximum atomic E-state index is 13.5. The molecule has 1 saturated heterocycles. The quantitative estimate of drug-likeness (QED) is 0.402. The molecule has 3 aromatic heterocycles. The zero-order valence-electron chi connectivity index (χ0n) is 16.5. The van der Waals surface area contributed by atoms with Crippen LogP contribution in [-0.2, 0) is 0 Å². The van der Waals surface area contributed by atoms with E-state index in [0.717, 1.165) is 47.0 Å². The largest absolute Gasteiger partial charge is 0.495 e. The summed E-state index contributed by atoms with van der Waals surface area (Å²) in [5.41, 5.74) is 1.78. The standard InChI is InChI=1S/C23H20ClN3O2S/c1-29-18-8-7-14-11-16-12-19(30-22(16)26-21(14)20(18)24)23(28)27-10-3-2-6-17(27)15-5-4-9-25-13-15/h4-5,7-9,11-13,17H,2-3,6,10H2,1H3/t17-/m0/s1. The molecule has 0 saturated carbocycles. The zero-order valence-corrected chi connectivity index (χ0v) is 18.0. The lowest BCUT2D eigenvalue weighted by Crippen LogP contribution is -2.38. The molecule has 1 atom stereocenters. The Bertz CT molecular complexity index is 1240. The first-order valence-electron chi connectivity index (χ1n) is 9.93. The second kappa shape index (κ2) is 7.85. The van der Waals surface area contributed by atoms with Gasteiger partial charge in [0.15, 0.2) is 0 Å². The average Bonchev–Trinajstić information content (AvgIpc) is 3.21. The van der Waals surface area contributed by atoms with Gasteiger partial charge in [-0.15, -0.1) is 11.3 Å². The molecule has 1 fully saturated rings. The topological polar surface area (TPSA) is 55.3 Å². The van der Waals surface area contributed by atoms with Gasteiger partial charge in [0.1, 0.15) is 15.6 Å².